The zero-order chi connectivity index (χ0) is 13.6. The minimum Gasteiger partial charge on any atom is -0.400 e. The Morgan fingerprint density at radius 1 is 1.22 bits per heavy atom. The highest BCUT2D eigenvalue weighted by Gasteiger charge is 2.52. The predicted octanol–water partition coefficient (Wildman–Crippen LogP) is 3.61. The molecule has 0 spiro atoms. The summed E-state index contributed by atoms with van der Waals surface area (Å²) in [5, 5.41) is 0. The number of hydrogen-bond donors (Lipinski definition) is 0. The topological polar surface area (TPSA) is 18.5 Å². The molecule has 1 atom stereocenters. The highest BCUT2D eigenvalue weighted by Crippen LogP contribution is 2.41. The average Bonchev–Trinajstić information content (AvgIpc) is 2.48. The molecule has 0 N–H and O–H groups in total. The van der Waals surface area contributed by atoms with Crippen LogP contribution >= 0.6 is 0 Å². The molecule has 5 heteroatoms. The Kier molecular flexibility index (Phi) is 3.58. The van der Waals surface area contributed by atoms with Crippen molar-refractivity contribution in [3.63, 3.8) is 0 Å². The minimum absolute atomic E-state index is 0.363. The maximum absolute atomic E-state index is 12.6. The van der Waals surface area contributed by atoms with Crippen LogP contribution in [0.1, 0.15) is 47.0 Å². The molecule has 0 aromatic carbocycles. The zero-order valence-corrected chi connectivity index (χ0v) is 11.5. The van der Waals surface area contributed by atoms with Crippen molar-refractivity contribution in [3.8, 4) is 0 Å². The second kappa shape index (κ2) is 4.60. The van der Waals surface area contributed by atoms with Gasteiger partial charge >= 0.3 is 7.12 Å². The average molecular weight is 258 g/mol. The molecule has 0 amide bonds. The molecule has 0 radical (unpaired) electrons. The molecule has 0 aromatic heterocycles. The van der Waals surface area contributed by atoms with Gasteiger partial charge in [-0.2, -0.15) is 0 Å². The van der Waals surface area contributed by atoms with Gasteiger partial charge in [0, 0.05) is 5.92 Å². The molecule has 0 saturated carbocycles. The van der Waals surface area contributed by atoms with Gasteiger partial charge in [-0.05, 0) is 52.4 Å². The van der Waals surface area contributed by atoms with Crippen LogP contribution < -0.4 is 0 Å². The quantitative estimate of drug-likeness (QED) is 0.704. The predicted molar refractivity (Wildman–Crippen MR) is 67.5 cm³/mol. The minimum atomic E-state index is -2.22. The van der Waals surface area contributed by atoms with Gasteiger partial charge in [-0.15, -0.1) is 0 Å². The Balaban J connectivity index is 2.04. The smallest absolute Gasteiger partial charge is 0.400 e. The Labute approximate surface area is 108 Å². The first kappa shape index (κ1) is 14.0. The van der Waals surface area contributed by atoms with E-state index in [9.17, 15) is 8.78 Å². The second-order valence-electron chi connectivity index (χ2n) is 6.24. The molecule has 18 heavy (non-hydrogen) atoms. The molecule has 1 unspecified atom stereocenters. The molecule has 1 saturated heterocycles. The summed E-state index contributed by atoms with van der Waals surface area (Å²) in [6.07, 6.45) is 1.25. The molecule has 2 nitrogen and oxygen atoms in total. The fourth-order valence-electron chi connectivity index (χ4n) is 2.31. The van der Waals surface area contributed by atoms with Crippen molar-refractivity contribution in [1.82, 2.24) is 0 Å². The van der Waals surface area contributed by atoms with Crippen molar-refractivity contribution in [2.45, 2.75) is 64.6 Å². The Hall–Kier alpha value is -0.415. The lowest BCUT2D eigenvalue weighted by molar-refractivity contribution is 0.00578. The molecule has 102 valence electrons. The maximum atomic E-state index is 12.6. The fourth-order valence-corrected chi connectivity index (χ4v) is 2.31. The van der Waals surface area contributed by atoms with Crippen LogP contribution in [0.3, 0.4) is 0 Å². The molecule has 1 fully saturated rings. The number of alkyl halides is 2. The van der Waals surface area contributed by atoms with Crippen molar-refractivity contribution in [3.05, 3.63) is 11.5 Å². The van der Waals surface area contributed by atoms with E-state index in [4.69, 9.17) is 9.31 Å². The van der Waals surface area contributed by atoms with E-state index in [-0.39, 0.29) is 18.3 Å². The van der Waals surface area contributed by atoms with Crippen LogP contribution in [0.2, 0.25) is 0 Å². The van der Waals surface area contributed by atoms with E-state index in [0.717, 1.165) is 5.47 Å². The monoisotopic (exact) mass is 258 g/mol. The van der Waals surface area contributed by atoms with E-state index >= 15 is 0 Å². The SMILES string of the molecule is CC1(C)OB(C2=CCC(C(F)F)CC2)OC1(C)C. The van der Waals surface area contributed by atoms with Crippen LogP contribution in [0, 0.1) is 5.92 Å². The lowest BCUT2D eigenvalue weighted by Gasteiger charge is -2.32. The zero-order valence-electron chi connectivity index (χ0n) is 11.5. The fraction of sp³-hybridized carbons (Fsp3) is 0.846. The van der Waals surface area contributed by atoms with E-state index in [2.05, 4.69) is 0 Å². The lowest BCUT2D eigenvalue weighted by Crippen LogP contribution is -2.41. The van der Waals surface area contributed by atoms with Gasteiger partial charge in [0.2, 0.25) is 6.43 Å². The summed E-state index contributed by atoms with van der Waals surface area (Å²) in [5.74, 6) is -0.504. The van der Waals surface area contributed by atoms with Crippen LogP contribution in [0.4, 0.5) is 8.78 Å². The summed E-state index contributed by atoms with van der Waals surface area (Å²) >= 11 is 0. The van der Waals surface area contributed by atoms with Gasteiger partial charge in [0.25, 0.3) is 0 Å². The first-order valence-electron chi connectivity index (χ1n) is 6.56. The third-order valence-corrected chi connectivity index (χ3v) is 4.40. The molecule has 2 aliphatic rings. The number of hydrogen-bond acceptors (Lipinski definition) is 2. The molecule has 1 aliphatic heterocycles. The third kappa shape index (κ3) is 2.48. The van der Waals surface area contributed by atoms with Crippen molar-refractivity contribution < 1.29 is 18.1 Å². The van der Waals surface area contributed by atoms with Crippen LogP contribution in [0.15, 0.2) is 11.5 Å². The molecule has 2 rings (SSSR count). The van der Waals surface area contributed by atoms with Crippen LogP contribution in [-0.2, 0) is 9.31 Å². The van der Waals surface area contributed by atoms with Crippen molar-refractivity contribution in [1.29, 1.82) is 0 Å². The molecule has 0 aromatic rings. The van der Waals surface area contributed by atoms with Crippen molar-refractivity contribution in [2.24, 2.45) is 5.92 Å². The van der Waals surface area contributed by atoms with E-state index in [0.29, 0.717) is 19.3 Å². The van der Waals surface area contributed by atoms with Gasteiger partial charge < -0.3 is 9.31 Å². The highest BCUT2D eigenvalue weighted by molar-refractivity contribution is 6.54. The van der Waals surface area contributed by atoms with Gasteiger partial charge in [0.05, 0.1) is 11.2 Å². The van der Waals surface area contributed by atoms with Crippen LogP contribution in [0.25, 0.3) is 0 Å². The van der Waals surface area contributed by atoms with Crippen LogP contribution in [-0.4, -0.2) is 24.7 Å². The number of halogens is 2. The first-order valence-corrected chi connectivity index (χ1v) is 6.56. The number of allylic oxidation sites excluding steroid dienone is 2. The van der Waals surface area contributed by atoms with Gasteiger partial charge in [-0.1, -0.05) is 6.08 Å². The van der Waals surface area contributed by atoms with Gasteiger partial charge in [0.1, 0.15) is 0 Å². The third-order valence-electron chi connectivity index (χ3n) is 4.40. The Morgan fingerprint density at radius 3 is 2.17 bits per heavy atom. The summed E-state index contributed by atoms with van der Waals surface area (Å²) in [5.41, 5.74) is 0.293. The van der Waals surface area contributed by atoms with Gasteiger partial charge in [-0.25, -0.2) is 8.78 Å². The summed E-state index contributed by atoms with van der Waals surface area (Å²) in [4.78, 5) is 0. The van der Waals surface area contributed by atoms with E-state index in [1.54, 1.807) is 0 Å². The summed E-state index contributed by atoms with van der Waals surface area (Å²) < 4.78 is 37.0. The summed E-state index contributed by atoms with van der Waals surface area (Å²) in [6, 6.07) is 0. The highest BCUT2D eigenvalue weighted by atomic mass is 19.3. The van der Waals surface area contributed by atoms with Crippen molar-refractivity contribution in [2.75, 3.05) is 0 Å². The van der Waals surface area contributed by atoms with Crippen molar-refractivity contribution >= 4 is 7.12 Å². The Morgan fingerprint density at radius 2 is 1.78 bits per heavy atom. The molecular weight excluding hydrogens is 237 g/mol. The summed E-state index contributed by atoms with van der Waals surface area (Å²) in [6.45, 7) is 7.99. The van der Waals surface area contributed by atoms with Gasteiger partial charge in [0.15, 0.2) is 0 Å². The Bertz CT molecular complexity index is 337. The standard InChI is InChI=1S/C13H21BF2O2/c1-12(2)13(3,4)18-14(17-12)10-7-5-9(6-8-10)11(15)16/h7,9,11H,5-6,8H2,1-4H3. The van der Waals surface area contributed by atoms with Crippen LogP contribution in [0.5, 0.6) is 0 Å². The molecule has 0 bridgehead atoms. The van der Waals surface area contributed by atoms with E-state index < -0.39 is 12.3 Å². The molecular formula is C13H21BF2O2. The van der Waals surface area contributed by atoms with Gasteiger partial charge in [-0.3, -0.25) is 0 Å². The summed E-state index contributed by atoms with van der Waals surface area (Å²) in [7, 11) is -0.367. The van der Waals surface area contributed by atoms with E-state index in [1.807, 2.05) is 33.8 Å². The lowest BCUT2D eigenvalue weighted by atomic mass is 9.70. The molecule has 1 heterocycles. The van der Waals surface area contributed by atoms with E-state index in [1.165, 1.54) is 0 Å². The maximum Gasteiger partial charge on any atom is 0.490 e. The normalized spacial score (nSPS) is 30.7. The number of rotatable bonds is 2. The largest absolute Gasteiger partial charge is 0.490 e. The first-order chi connectivity index (χ1) is 8.23. The molecule has 1 aliphatic carbocycles. The second-order valence-corrected chi connectivity index (χ2v) is 6.24.